The molecule has 1 atom stereocenters. The summed E-state index contributed by atoms with van der Waals surface area (Å²) in [7, 11) is 3.60. The number of hydrogen-bond donors (Lipinski definition) is 1. The fourth-order valence-corrected chi connectivity index (χ4v) is 2.57. The number of benzene rings is 2. The van der Waals surface area contributed by atoms with Crippen LogP contribution in [-0.2, 0) is 11.3 Å². The molecule has 0 aliphatic carbocycles. The smallest absolute Gasteiger partial charge is 0.234 e. The Labute approximate surface area is 144 Å². The standard InChI is InChI=1S/C20H26N2O2/c1-16(18-7-5-4-6-8-18)13-21-20(23)15-22(2)14-17-9-11-19(24-3)12-10-17/h4-12,16H,13-15H2,1-3H3,(H,21,23)/t16-/m0/s1. The van der Waals surface area contributed by atoms with E-state index in [2.05, 4.69) is 24.4 Å². The minimum atomic E-state index is 0.0498. The van der Waals surface area contributed by atoms with Gasteiger partial charge in [-0.25, -0.2) is 0 Å². The van der Waals surface area contributed by atoms with Gasteiger partial charge in [0.2, 0.25) is 5.91 Å². The summed E-state index contributed by atoms with van der Waals surface area (Å²) in [6.07, 6.45) is 0. The molecule has 1 N–H and O–H groups in total. The largest absolute Gasteiger partial charge is 0.497 e. The zero-order valence-electron chi connectivity index (χ0n) is 14.7. The van der Waals surface area contributed by atoms with E-state index in [1.165, 1.54) is 5.56 Å². The lowest BCUT2D eigenvalue weighted by Gasteiger charge is -2.18. The fraction of sp³-hybridized carbons (Fsp3) is 0.350. The normalized spacial score (nSPS) is 12.0. The van der Waals surface area contributed by atoms with E-state index in [1.807, 2.05) is 54.4 Å². The van der Waals surface area contributed by atoms with Gasteiger partial charge in [-0.2, -0.15) is 0 Å². The first-order chi connectivity index (χ1) is 11.6. The molecule has 2 aromatic carbocycles. The first kappa shape index (κ1) is 18.0. The summed E-state index contributed by atoms with van der Waals surface area (Å²) in [6, 6.07) is 18.1. The van der Waals surface area contributed by atoms with Gasteiger partial charge in [0.1, 0.15) is 5.75 Å². The number of ether oxygens (including phenoxy) is 1. The van der Waals surface area contributed by atoms with Crippen LogP contribution in [0.3, 0.4) is 0 Å². The summed E-state index contributed by atoms with van der Waals surface area (Å²) in [4.78, 5) is 14.1. The fourth-order valence-electron chi connectivity index (χ4n) is 2.57. The molecule has 2 rings (SSSR count). The molecule has 0 radical (unpaired) electrons. The molecule has 0 fully saturated rings. The molecule has 4 nitrogen and oxygen atoms in total. The third-order valence-electron chi connectivity index (χ3n) is 4.00. The topological polar surface area (TPSA) is 41.6 Å². The zero-order valence-corrected chi connectivity index (χ0v) is 14.7. The van der Waals surface area contributed by atoms with E-state index < -0.39 is 0 Å². The van der Waals surface area contributed by atoms with Crippen molar-refractivity contribution in [1.29, 1.82) is 0 Å². The predicted octanol–water partition coefficient (Wildman–Crippen LogP) is 3.05. The lowest BCUT2D eigenvalue weighted by Crippen LogP contribution is -2.36. The quantitative estimate of drug-likeness (QED) is 0.811. The highest BCUT2D eigenvalue weighted by Crippen LogP contribution is 2.13. The van der Waals surface area contributed by atoms with Crippen LogP contribution in [0.25, 0.3) is 0 Å². The second-order valence-corrected chi connectivity index (χ2v) is 6.14. The second-order valence-electron chi connectivity index (χ2n) is 6.14. The number of hydrogen-bond acceptors (Lipinski definition) is 3. The van der Waals surface area contributed by atoms with Crippen LogP contribution in [0.1, 0.15) is 24.0 Å². The van der Waals surface area contributed by atoms with Crippen molar-refractivity contribution >= 4 is 5.91 Å². The Bertz CT molecular complexity index is 626. The van der Waals surface area contributed by atoms with Gasteiger partial charge in [-0.15, -0.1) is 0 Å². The summed E-state index contributed by atoms with van der Waals surface area (Å²) in [5.74, 6) is 1.20. The van der Waals surface area contributed by atoms with Gasteiger partial charge in [0.05, 0.1) is 13.7 Å². The van der Waals surface area contributed by atoms with Crippen LogP contribution in [0.2, 0.25) is 0 Å². The molecule has 24 heavy (non-hydrogen) atoms. The summed E-state index contributed by atoms with van der Waals surface area (Å²) < 4.78 is 5.15. The van der Waals surface area contributed by atoms with Gasteiger partial charge in [-0.1, -0.05) is 49.4 Å². The average Bonchev–Trinajstić information content (AvgIpc) is 2.61. The lowest BCUT2D eigenvalue weighted by atomic mass is 10.0. The Morgan fingerprint density at radius 1 is 1.12 bits per heavy atom. The molecule has 0 saturated heterocycles. The van der Waals surface area contributed by atoms with E-state index >= 15 is 0 Å². The van der Waals surface area contributed by atoms with E-state index in [4.69, 9.17) is 4.74 Å². The molecule has 0 heterocycles. The van der Waals surface area contributed by atoms with Crippen molar-refractivity contribution in [1.82, 2.24) is 10.2 Å². The Balaban J connectivity index is 1.74. The van der Waals surface area contributed by atoms with Crippen molar-refractivity contribution < 1.29 is 9.53 Å². The van der Waals surface area contributed by atoms with E-state index in [9.17, 15) is 4.79 Å². The highest BCUT2D eigenvalue weighted by atomic mass is 16.5. The minimum Gasteiger partial charge on any atom is -0.497 e. The third kappa shape index (κ3) is 5.70. The van der Waals surface area contributed by atoms with Gasteiger partial charge in [0.15, 0.2) is 0 Å². The number of amides is 1. The molecule has 4 heteroatoms. The van der Waals surface area contributed by atoms with Crippen LogP contribution in [0.15, 0.2) is 54.6 Å². The van der Waals surface area contributed by atoms with Crippen LogP contribution in [0.4, 0.5) is 0 Å². The Hall–Kier alpha value is -2.33. The van der Waals surface area contributed by atoms with Crippen LogP contribution < -0.4 is 10.1 Å². The van der Waals surface area contributed by atoms with Crippen molar-refractivity contribution in [2.24, 2.45) is 0 Å². The Morgan fingerprint density at radius 3 is 2.42 bits per heavy atom. The van der Waals surface area contributed by atoms with Crippen LogP contribution in [-0.4, -0.2) is 38.1 Å². The molecule has 128 valence electrons. The number of rotatable bonds is 8. The summed E-state index contributed by atoms with van der Waals surface area (Å²) in [6.45, 7) is 3.88. The molecule has 0 bridgehead atoms. The molecule has 0 unspecified atom stereocenters. The number of methoxy groups -OCH3 is 1. The second kappa shape index (κ2) is 9.08. The highest BCUT2D eigenvalue weighted by Gasteiger charge is 2.10. The van der Waals surface area contributed by atoms with Crippen molar-refractivity contribution in [3.63, 3.8) is 0 Å². The minimum absolute atomic E-state index is 0.0498. The number of nitrogens with zero attached hydrogens (tertiary/aromatic N) is 1. The van der Waals surface area contributed by atoms with E-state index in [0.717, 1.165) is 17.9 Å². The number of carbonyl (C=O) groups excluding carboxylic acids is 1. The maximum Gasteiger partial charge on any atom is 0.234 e. The highest BCUT2D eigenvalue weighted by molar-refractivity contribution is 5.78. The van der Waals surface area contributed by atoms with Gasteiger partial charge in [-0.3, -0.25) is 9.69 Å². The van der Waals surface area contributed by atoms with Gasteiger partial charge in [0.25, 0.3) is 0 Å². The lowest BCUT2D eigenvalue weighted by molar-refractivity contribution is -0.122. The van der Waals surface area contributed by atoms with Gasteiger partial charge < -0.3 is 10.1 Å². The van der Waals surface area contributed by atoms with Gasteiger partial charge >= 0.3 is 0 Å². The van der Waals surface area contributed by atoms with Crippen LogP contribution in [0.5, 0.6) is 5.75 Å². The molecule has 0 aromatic heterocycles. The van der Waals surface area contributed by atoms with Crippen molar-refractivity contribution in [3.05, 3.63) is 65.7 Å². The molecular formula is C20H26N2O2. The molecular weight excluding hydrogens is 300 g/mol. The number of likely N-dealkylation sites (N-methyl/N-ethyl adjacent to an activating group) is 1. The summed E-state index contributed by atoms with van der Waals surface area (Å²) >= 11 is 0. The van der Waals surface area contributed by atoms with Gasteiger partial charge in [0, 0.05) is 13.1 Å². The monoisotopic (exact) mass is 326 g/mol. The Kier molecular flexibility index (Phi) is 6.82. The number of carbonyl (C=O) groups is 1. The van der Waals surface area contributed by atoms with Gasteiger partial charge in [-0.05, 0) is 36.2 Å². The Morgan fingerprint density at radius 2 is 1.79 bits per heavy atom. The first-order valence-corrected chi connectivity index (χ1v) is 8.21. The van der Waals surface area contributed by atoms with E-state index in [-0.39, 0.29) is 5.91 Å². The predicted molar refractivity (Wildman–Crippen MR) is 97.2 cm³/mol. The summed E-state index contributed by atoms with van der Waals surface area (Å²) in [5, 5.41) is 3.02. The molecule has 0 aliphatic rings. The maximum absolute atomic E-state index is 12.1. The maximum atomic E-state index is 12.1. The first-order valence-electron chi connectivity index (χ1n) is 8.21. The molecule has 2 aromatic rings. The molecule has 0 aliphatic heterocycles. The SMILES string of the molecule is COc1ccc(CN(C)CC(=O)NC[C@H](C)c2ccccc2)cc1. The van der Waals surface area contributed by atoms with Crippen molar-refractivity contribution in [2.75, 3.05) is 27.2 Å². The van der Waals surface area contributed by atoms with Crippen molar-refractivity contribution in [3.8, 4) is 5.75 Å². The van der Waals surface area contributed by atoms with Crippen molar-refractivity contribution in [2.45, 2.75) is 19.4 Å². The molecule has 1 amide bonds. The van der Waals surface area contributed by atoms with E-state index in [0.29, 0.717) is 19.0 Å². The third-order valence-corrected chi connectivity index (χ3v) is 4.00. The number of nitrogens with one attached hydrogen (secondary N) is 1. The van der Waals surface area contributed by atoms with E-state index in [1.54, 1.807) is 7.11 Å². The molecule has 0 saturated carbocycles. The van der Waals surface area contributed by atoms with Crippen LogP contribution in [0, 0.1) is 0 Å². The summed E-state index contributed by atoms with van der Waals surface area (Å²) in [5.41, 5.74) is 2.40. The average molecular weight is 326 g/mol. The zero-order chi connectivity index (χ0) is 17.4. The molecule has 0 spiro atoms. The van der Waals surface area contributed by atoms with Crippen LogP contribution >= 0.6 is 0 Å².